The SMILES string of the molecule is Cc1nc2c([nH]1)C[C@@H](C(=O)Nc1sc(C)nc1C)CC2. The molecule has 2 aromatic rings. The first-order valence-corrected chi connectivity index (χ1v) is 7.64. The number of aromatic amines is 1. The van der Waals surface area contributed by atoms with E-state index >= 15 is 0 Å². The van der Waals surface area contributed by atoms with E-state index in [1.165, 1.54) is 11.3 Å². The van der Waals surface area contributed by atoms with E-state index in [4.69, 9.17) is 0 Å². The summed E-state index contributed by atoms with van der Waals surface area (Å²) in [6.07, 6.45) is 2.48. The largest absolute Gasteiger partial charge is 0.346 e. The van der Waals surface area contributed by atoms with E-state index in [2.05, 4.69) is 20.3 Å². The van der Waals surface area contributed by atoms with Gasteiger partial charge in [-0.05, 0) is 33.6 Å². The Morgan fingerprint density at radius 2 is 2.15 bits per heavy atom. The van der Waals surface area contributed by atoms with Crippen LogP contribution < -0.4 is 5.32 Å². The summed E-state index contributed by atoms with van der Waals surface area (Å²) in [5.41, 5.74) is 3.14. The van der Waals surface area contributed by atoms with E-state index in [0.29, 0.717) is 0 Å². The first kappa shape index (κ1) is 13.3. The second-order valence-corrected chi connectivity index (χ2v) is 6.53. The minimum atomic E-state index is 0.0177. The second kappa shape index (κ2) is 5.01. The number of H-pyrrole nitrogens is 1. The van der Waals surface area contributed by atoms with Crippen LogP contribution in [0.5, 0.6) is 0 Å². The van der Waals surface area contributed by atoms with Crippen molar-refractivity contribution in [1.29, 1.82) is 0 Å². The fraction of sp³-hybridized carbons (Fsp3) is 0.500. The molecule has 0 saturated heterocycles. The zero-order valence-electron chi connectivity index (χ0n) is 11.9. The Kier molecular flexibility index (Phi) is 3.33. The van der Waals surface area contributed by atoms with Gasteiger partial charge in [0.15, 0.2) is 0 Å². The van der Waals surface area contributed by atoms with Crippen LogP contribution >= 0.6 is 11.3 Å². The molecule has 0 spiro atoms. The molecule has 20 heavy (non-hydrogen) atoms. The van der Waals surface area contributed by atoms with Gasteiger partial charge in [0.1, 0.15) is 10.8 Å². The minimum Gasteiger partial charge on any atom is -0.346 e. The number of imidazole rings is 1. The molecule has 2 heterocycles. The fourth-order valence-corrected chi connectivity index (χ4v) is 3.53. The Morgan fingerprint density at radius 1 is 1.35 bits per heavy atom. The third-order valence-corrected chi connectivity index (χ3v) is 4.66. The zero-order valence-corrected chi connectivity index (χ0v) is 12.7. The van der Waals surface area contributed by atoms with Crippen molar-refractivity contribution < 1.29 is 4.79 Å². The molecule has 2 N–H and O–H groups in total. The van der Waals surface area contributed by atoms with Crippen LogP contribution in [0.3, 0.4) is 0 Å². The van der Waals surface area contributed by atoms with E-state index in [9.17, 15) is 4.79 Å². The number of anilines is 1. The van der Waals surface area contributed by atoms with Crippen LogP contribution in [0.15, 0.2) is 0 Å². The van der Waals surface area contributed by atoms with Crippen molar-refractivity contribution in [2.45, 2.75) is 40.0 Å². The first-order valence-electron chi connectivity index (χ1n) is 6.82. The molecule has 0 unspecified atom stereocenters. The van der Waals surface area contributed by atoms with Gasteiger partial charge in [0.05, 0.1) is 16.4 Å². The highest BCUT2D eigenvalue weighted by Gasteiger charge is 2.27. The highest BCUT2D eigenvalue weighted by Crippen LogP contribution is 2.27. The van der Waals surface area contributed by atoms with Gasteiger partial charge < -0.3 is 10.3 Å². The van der Waals surface area contributed by atoms with Gasteiger partial charge in [0.25, 0.3) is 0 Å². The molecular formula is C14H18N4OS. The topological polar surface area (TPSA) is 70.7 Å². The van der Waals surface area contributed by atoms with E-state index < -0.39 is 0 Å². The molecule has 1 aliphatic carbocycles. The summed E-state index contributed by atoms with van der Waals surface area (Å²) in [4.78, 5) is 24.4. The molecule has 1 amide bonds. The van der Waals surface area contributed by atoms with Gasteiger partial charge in [-0.2, -0.15) is 0 Å². The van der Waals surface area contributed by atoms with Gasteiger partial charge in [0.2, 0.25) is 5.91 Å². The Balaban J connectivity index is 1.71. The summed E-state index contributed by atoms with van der Waals surface area (Å²) in [6, 6.07) is 0. The van der Waals surface area contributed by atoms with Gasteiger partial charge in [-0.25, -0.2) is 9.97 Å². The number of carbonyl (C=O) groups excluding carboxylic acids is 1. The van der Waals surface area contributed by atoms with Gasteiger partial charge in [-0.15, -0.1) is 11.3 Å². The average molecular weight is 290 g/mol. The lowest BCUT2D eigenvalue weighted by Gasteiger charge is -2.20. The van der Waals surface area contributed by atoms with E-state index in [-0.39, 0.29) is 11.8 Å². The predicted molar refractivity (Wildman–Crippen MR) is 79.1 cm³/mol. The van der Waals surface area contributed by atoms with E-state index in [0.717, 1.165) is 52.2 Å². The lowest BCUT2D eigenvalue weighted by Crippen LogP contribution is -2.28. The van der Waals surface area contributed by atoms with E-state index in [1.807, 2.05) is 20.8 Å². The van der Waals surface area contributed by atoms with E-state index in [1.54, 1.807) is 0 Å². The number of rotatable bonds is 2. The maximum absolute atomic E-state index is 12.4. The normalized spacial score (nSPS) is 17.9. The Labute approximate surface area is 121 Å². The van der Waals surface area contributed by atoms with Crippen LogP contribution in [-0.4, -0.2) is 20.9 Å². The number of nitrogens with zero attached hydrogens (tertiary/aromatic N) is 2. The minimum absolute atomic E-state index is 0.0177. The monoisotopic (exact) mass is 290 g/mol. The number of aromatic nitrogens is 3. The molecular weight excluding hydrogens is 272 g/mol. The summed E-state index contributed by atoms with van der Waals surface area (Å²) in [5.74, 6) is 1.05. The molecule has 2 aromatic heterocycles. The summed E-state index contributed by atoms with van der Waals surface area (Å²) >= 11 is 1.53. The van der Waals surface area contributed by atoms with Crippen LogP contribution in [0.2, 0.25) is 0 Å². The Bertz CT molecular complexity index is 658. The van der Waals surface area contributed by atoms with Crippen molar-refractivity contribution in [3.63, 3.8) is 0 Å². The predicted octanol–water partition coefficient (Wildman–Crippen LogP) is 2.54. The lowest BCUT2D eigenvalue weighted by atomic mass is 9.89. The molecule has 106 valence electrons. The number of thiazole rings is 1. The molecule has 0 aliphatic heterocycles. The van der Waals surface area contributed by atoms with Crippen LogP contribution in [0.1, 0.15) is 34.3 Å². The number of amides is 1. The lowest BCUT2D eigenvalue weighted by molar-refractivity contribution is -0.120. The van der Waals surface area contributed by atoms with Crippen LogP contribution in [-0.2, 0) is 17.6 Å². The summed E-state index contributed by atoms with van der Waals surface area (Å²) in [6.45, 7) is 5.83. The number of hydrogen-bond acceptors (Lipinski definition) is 4. The van der Waals surface area contributed by atoms with Crippen LogP contribution in [0, 0.1) is 26.7 Å². The summed E-state index contributed by atoms with van der Waals surface area (Å²) in [7, 11) is 0. The van der Waals surface area contributed by atoms with Gasteiger partial charge in [0, 0.05) is 18.0 Å². The number of aryl methyl sites for hydroxylation is 4. The third-order valence-electron chi connectivity index (χ3n) is 3.67. The molecule has 1 atom stereocenters. The number of nitrogens with one attached hydrogen (secondary N) is 2. The van der Waals surface area contributed by atoms with Crippen molar-refractivity contribution >= 4 is 22.2 Å². The van der Waals surface area contributed by atoms with Crippen molar-refractivity contribution in [1.82, 2.24) is 15.0 Å². The molecule has 6 heteroatoms. The average Bonchev–Trinajstić information content (AvgIpc) is 2.90. The highest BCUT2D eigenvalue weighted by molar-refractivity contribution is 7.16. The fourth-order valence-electron chi connectivity index (χ4n) is 2.71. The quantitative estimate of drug-likeness (QED) is 0.893. The first-order chi connectivity index (χ1) is 9.52. The molecule has 5 nitrogen and oxygen atoms in total. The maximum Gasteiger partial charge on any atom is 0.228 e. The van der Waals surface area contributed by atoms with Gasteiger partial charge in [-0.3, -0.25) is 4.79 Å². The summed E-state index contributed by atoms with van der Waals surface area (Å²) in [5, 5.41) is 4.87. The zero-order chi connectivity index (χ0) is 14.3. The molecule has 1 aliphatic rings. The van der Waals surface area contributed by atoms with Crippen molar-refractivity contribution in [2.24, 2.45) is 5.92 Å². The smallest absolute Gasteiger partial charge is 0.228 e. The van der Waals surface area contributed by atoms with Crippen molar-refractivity contribution in [3.05, 3.63) is 27.9 Å². The highest BCUT2D eigenvalue weighted by atomic mass is 32.1. The van der Waals surface area contributed by atoms with Crippen LogP contribution in [0.4, 0.5) is 5.00 Å². The number of hydrogen-bond donors (Lipinski definition) is 2. The summed E-state index contributed by atoms with van der Waals surface area (Å²) < 4.78 is 0. The molecule has 0 saturated carbocycles. The maximum atomic E-state index is 12.4. The van der Waals surface area contributed by atoms with Gasteiger partial charge in [-0.1, -0.05) is 0 Å². The van der Waals surface area contributed by atoms with Crippen LogP contribution in [0.25, 0.3) is 0 Å². The Hall–Kier alpha value is -1.69. The third kappa shape index (κ3) is 2.47. The molecule has 0 bridgehead atoms. The molecule has 3 rings (SSSR count). The Morgan fingerprint density at radius 3 is 2.85 bits per heavy atom. The standard InChI is InChI=1S/C14H18N4OS/c1-7-14(20-9(3)15-7)18-13(19)10-4-5-11-12(6-10)17-8(2)16-11/h10H,4-6H2,1-3H3,(H,16,17)(H,18,19)/t10-/m0/s1. The molecule has 0 aromatic carbocycles. The molecule has 0 fully saturated rings. The van der Waals surface area contributed by atoms with Crippen molar-refractivity contribution in [3.8, 4) is 0 Å². The number of fused-ring (bicyclic) bond motifs is 1. The second-order valence-electron chi connectivity index (χ2n) is 5.32. The number of carbonyl (C=O) groups is 1. The molecule has 0 radical (unpaired) electrons. The van der Waals surface area contributed by atoms with Gasteiger partial charge >= 0.3 is 0 Å². The van der Waals surface area contributed by atoms with Crippen molar-refractivity contribution in [2.75, 3.05) is 5.32 Å².